The van der Waals surface area contributed by atoms with Crippen LogP contribution >= 0.6 is 7.52 Å². The minimum Gasteiger partial charge on any atom is -0.505 e. The molecule has 1 aromatic carbocycles. The van der Waals surface area contributed by atoms with Gasteiger partial charge < -0.3 is 30.4 Å². The Kier molecular flexibility index (Phi) is 6.68. The summed E-state index contributed by atoms with van der Waals surface area (Å²) in [7, 11) is -3.76. The van der Waals surface area contributed by atoms with Crippen LogP contribution in [0.1, 0.15) is 76.5 Å². The minimum atomic E-state index is -3.76. The average molecular weight is 491 g/mol. The van der Waals surface area contributed by atoms with Crippen LogP contribution in [-0.2, 0) is 21.0 Å². The van der Waals surface area contributed by atoms with E-state index in [0.717, 1.165) is 6.42 Å². The fourth-order valence-corrected chi connectivity index (χ4v) is 5.75. The van der Waals surface area contributed by atoms with Gasteiger partial charge in [-0.05, 0) is 37.0 Å². The number of nitrogens with one attached hydrogen (secondary N) is 1. The molecule has 1 atom stereocenters. The largest absolute Gasteiger partial charge is 0.505 e. The van der Waals surface area contributed by atoms with Gasteiger partial charge in [0.25, 0.3) is 0 Å². The highest BCUT2D eigenvalue weighted by Gasteiger charge is 2.38. The Morgan fingerprint density at radius 1 is 1.21 bits per heavy atom. The number of hydrogen-bond acceptors (Lipinski definition) is 6. The highest BCUT2D eigenvalue weighted by Crippen LogP contribution is 2.53. The van der Waals surface area contributed by atoms with Crippen molar-refractivity contribution in [2.75, 3.05) is 11.9 Å². The smallest absolute Gasteiger partial charge is 0.348 e. The summed E-state index contributed by atoms with van der Waals surface area (Å²) < 4.78 is 25.3. The van der Waals surface area contributed by atoms with Crippen LogP contribution in [0.3, 0.4) is 0 Å². The molecule has 0 radical (unpaired) electrons. The third-order valence-electron chi connectivity index (χ3n) is 5.62. The van der Waals surface area contributed by atoms with Crippen molar-refractivity contribution in [3.8, 4) is 11.6 Å². The molecule has 0 fully saturated rings. The van der Waals surface area contributed by atoms with Gasteiger partial charge in [0.1, 0.15) is 5.56 Å². The van der Waals surface area contributed by atoms with Crippen LogP contribution < -0.4 is 16.4 Å². The van der Waals surface area contributed by atoms with Crippen LogP contribution in [0, 0.1) is 5.41 Å². The number of anilines is 1. The minimum absolute atomic E-state index is 0.000845. The SMILES string of the molecule is CCOP1(=O)N=C(c2c(O)c(C(C)(C)C)n(CCC(C)(C)C)c2O)Nc2cc(C(N)=O)ccc21. The predicted octanol–water partition coefficient (Wildman–Crippen LogP) is 4.46. The first kappa shape index (κ1) is 25.8. The number of carbonyl (C=O) groups is 1. The van der Waals surface area contributed by atoms with Gasteiger partial charge in [0.05, 0.1) is 23.3 Å². The highest BCUT2D eigenvalue weighted by molar-refractivity contribution is 7.66. The van der Waals surface area contributed by atoms with E-state index in [0.29, 0.717) is 17.9 Å². The Bertz CT molecular complexity index is 1200. The molecular formula is C24H35N4O5P. The third kappa shape index (κ3) is 4.86. The number of nitrogens with two attached hydrogens (primary N) is 1. The number of aromatic nitrogens is 1. The third-order valence-corrected chi connectivity index (χ3v) is 7.69. The lowest BCUT2D eigenvalue weighted by molar-refractivity contribution is 0.1000. The van der Waals surface area contributed by atoms with Gasteiger partial charge in [-0.15, -0.1) is 0 Å². The molecule has 0 bridgehead atoms. The first-order valence-electron chi connectivity index (χ1n) is 11.3. The molecule has 3 rings (SSSR count). The quantitative estimate of drug-likeness (QED) is 0.441. The number of nitrogens with zero attached hydrogens (tertiary/aromatic N) is 2. The summed E-state index contributed by atoms with van der Waals surface area (Å²) in [5, 5.41) is 25.9. The monoisotopic (exact) mass is 490 g/mol. The van der Waals surface area contributed by atoms with E-state index in [1.54, 1.807) is 11.5 Å². The van der Waals surface area contributed by atoms with Crippen molar-refractivity contribution in [3.63, 3.8) is 0 Å². The summed E-state index contributed by atoms with van der Waals surface area (Å²) in [5.41, 5.74) is 6.02. The van der Waals surface area contributed by atoms with Gasteiger partial charge in [-0.1, -0.05) is 41.5 Å². The molecule has 0 saturated carbocycles. The molecule has 2 heterocycles. The number of fused-ring (bicyclic) bond motifs is 1. The molecule has 10 heteroatoms. The van der Waals surface area contributed by atoms with Gasteiger partial charge in [-0.2, -0.15) is 4.76 Å². The Morgan fingerprint density at radius 3 is 2.38 bits per heavy atom. The number of primary amides is 1. The number of amidine groups is 1. The van der Waals surface area contributed by atoms with E-state index in [-0.39, 0.29) is 45.9 Å². The molecule has 9 nitrogen and oxygen atoms in total. The van der Waals surface area contributed by atoms with Crippen molar-refractivity contribution < 1.29 is 24.1 Å². The molecule has 1 unspecified atom stereocenters. The van der Waals surface area contributed by atoms with Crippen molar-refractivity contribution in [1.29, 1.82) is 0 Å². The molecule has 1 aliphatic rings. The number of amides is 1. The molecule has 186 valence electrons. The number of hydrogen-bond donors (Lipinski definition) is 4. The van der Waals surface area contributed by atoms with E-state index in [9.17, 15) is 19.6 Å². The maximum absolute atomic E-state index is 13.8. The summed E-state index contributed by atoms with van der Waals surface area (Å²) in [6.07, 6.45) is 0.749. The zero-order valence-electron chi connectivity index (χ0n) is 20.9. The maximum atomic E-state index is 13.8. The van der Waals surface area contributed by atoms with Crippen molar-refractivity contribution in [3.05, 3.63) is 35.0 Å². The van der Waals surface area contributed by atoms with Crippen molar-refractivity contribution in [1.82, 2.24) is 4.57 Å². The van der Waals surface area contributed by atoms with E-state index in [1.807, 2.05) is 20.8 Å². The van der Waals surface area contributed by atoms with Crippen LogP contribution in [0.4, 0.5) is 5.69 Å². The number of rotatable bonds is 6. The molecule has 1 aromatic heterocycles. The van der Waals surface area contributed by atoms with Gasteiger partial charge in [0, 0.05) is 17.5 Å². The lowest BCUT2D eigenvalue weighted by atomic mass is 9.89. The number of carbonyl (C=O) groups excluding carboxylic acids is 1. The first-order valence-corrected chi connectivity index (χ1v) is 12.9. The van der Waals surface area contributed by atoms with E-state index in [1.165, 1.54) is 18.2 Å². The van der Waals surface area contributed by atoms with Crippen LogP contribution in [0.25, 0.3) is 0 Å². The van der Waals surface area contributed by atoms with Gasteiger partial charge in [-0.3, -0.25) is 9.36 Å². The molecule has 5 N–H and O–H groups in total. The van der Waals surface area contributed by atoms with Crippen molar-refractivity contribution >= 4 is 30.3 Å². The number of aromatic hydroxyl groups is 2. The van der Waals surface area contributed by atoms with Crippen LogP contribution in [0.5, 0.6) is 11.6 Å². The normalized spacial score (nSPS) is 18.3. The Labute approximate surface area is 200 Å². The Balaban J connectivity index is 2.23. The first-order chi connectivity index (χ1) is 15.6. The summed E-state index contributed by atoms with van der Waals surface area (Å²) in [5.74, 6) is -0.979. The fourth-order valence-electron chi connectivity index (χ4n) is 4.00. The van der Waals surface area contributed by atoms with Gasteiger partial charge >= 0.3 is 7.52 Å². The second-order valence-electron chi connectivity index (χ2n) is 10.7. The second-order valence-corrected chi connectivity index (χ2v) is 12.7. The fraction of sp³-hybridized carbons (Fsp3) is 0.500. The summed E-state index contributed by atoms with van der Waals surface area (Å²) in [6, 6.07) is 4.42. The van der Waals surface area contributed by atoms with E-state index in [4.69, 9.17) is 10.3 Å². The van der Waals surface area contributed by atoms with Crippen LogP contribution in [0.2, 0.25) is 0 Å². The summed E-state index contributed by atoms with van der Waals surface area (Å²) in [6.45, 7) is 14.4. The molecule has 1 amide bonds. The van der Waals surface area contributed by atoms with Gasteiger partial charge in [-0.25, -0.2) is 0 Å². The number of benzene rings is 1. The highest BCUT2D eigenvalue weighted by atomic mass is 31.2. The molecule has 0 spiro atoms. The van der Waals surface area contributed by atoms with Crippen LogP contribution in [0.15, 0.2) is 23.0 Å². The second kappa shape index (κ2) is 8.78. The molecule has 0 aliphatic carbocycles. The Morgan fingerprint density at radius 2 is 1.85 bits per heavy atom. The topological polar surface area (TPSA) is 139 Å². The molecule has 2 aromatic rings. The van der Waals surface area contributed by atoms with E-state index >= 15 is 0 Å². The zero-order valence-corrected chi connectivity index (χ0v) is 21.8. The summed E-state index contributed by atoms with van der Waals surface area (Å²) in [4.78, 5) is 11.7. The predicted molar refractivity (Wildman–Crippen MR) is 135 cm³/mol. The van der Waals surface area contributed by atoms with E-state index in [2.05, 4.69) is 30.9 Å². The standard InChI is InChI=1S/C24H35N4O5P/c1-8-33-34(32)16-10-9-14(20(25)30)13-15(16)26-21(27-34)17-18(29)19(24(5,6)7)28(22(17)31)12-11-23(2,3)4/h9-10,13,29,31H,8,11-12H2,1-7H3,(H2,25,30)(H,26,27,32). The average Bonchev–Trinajstić information content (AvgIpc) is 2.95. The Hall–Kier alpha value is -2.77. The lowest BCUT2D eigenvalue weighted by Crippen LogP contribution is -2.26. The molecular weight excluding hydrogens is 455 g/mol. The summed E-state index contributed by atoms with van der Waals surface area (Å²) >= 11 is 0. The molecule has 0 saturated heterocycles. The van der Waals surface area contributed by atoms with Crippen LogP contribution in [-0.4, -0.2) is 33.1 Å². The molecule has 1 aliphatic heterocycles. The lowest BCUT2D eigenvalue weighted by Gasteiger charge is -2.25. The van der Waals surface area contributed by atoms with Gasteiger partial charge in [0.2, 0.25) is 11.8 Å². The van der Waals surface area contributed by atoms with E-state index < -0.39 is 18.8 Å². The van der Waals surface area contributed by atoms with Gasteiger partial charge in [0.15, 0.2) is 11.6 Å². The molecule has 34 heavy (non-hydrogen) atoms. The van der Waals surface area contributed by atoms with Crippen molar-refractivity contribution in [2.24, 2.45) is 15.9 Å². The maximum Gasteiger partial charge on any atom is 0.348 e. The zero-order chi connectivity index (χ0) is 25.6. The van der Waals surface area contributed by atoms with Crippen molar-refractivity contribution in [2.45, 2.75) is 66.8 Å².